The summed E-state index contributed by atoms with van der Waals surface area (Å²) in [5.41, 5.74) is 1.81. The van der Waals surface area contributed by atoms with Crippen LogP contribution in [0, 0.1) is 0 Å². The van der Waals surface area contributed by atoms with Crippen molar-refractivity contribution in [2.45, 2.75) is 38.3 Å². The minimum atomic E-state index is -0.197. The summed E-state index contributed by atoms with van der Waals surface area (Å²) in [4.78, 5) is 26.9. The van der Waals surface area contributed by atoms with E-state index in [2.05, 4.69) is 17.4 Å². The van der Waals surface area contributed by atoms with Crippen molar-refractivity contribution in [2.24, 2.45) is 0 Å². The summed E-state index contributed by atoms with van der Waals surface area (Å²) in [7, 11) is 0. The van der Waals surface area contributed by atoms with Crippen LogP contribution in [0.5, 0.6) is 0 Å². The normalized spacial score (nSPS) is 18.0. The lowest BCUT2D eigenvalue weighted by molar-refractivity contribution is -0.132. The number of hydrogen-bond donors (Lipinski definition) is 1. The number of rotatable bonds is 5. The van der Waals surface area contributed by atoms with Gasteiger partial charge in [0.2, 0.25) is 5.91 Å². The maximum atomic E-state index is 12.7. The van der Waals surface area contributed by atoms with Gasteiger partial charge in [-0.05, 0) is 37.5 Å². The van der Waals surface area contributed by atoms with Crippen molar-refractivity contribution in [1.82, 2.24) is 10.2 Å². The van der Waals surface area contributed by atoms with Gasteiger partial charge in [0.1, 0.15) is 0 Å². The number of nitrogens with one attached hydrogen (secondary N) is 1. The van der Waals surface area contributed by atoms with E-state index in [1.165, 1.54) is 5.56 Å². The molecule has 0 spiro atoms. The average Bonchev–Trinajstić information content (AvgIpc) is 3.13. The van der Waals surface area contributed by atoms with Gasteiger partial charge in [-0.25, -0.2) is 0 Å². The first-order valence-electron chi connectivity index (χ1n) is 8.85. The first-order chi connectivity index (χ1) is 12.1. The second-order valence-electron chi connectivity index (χ2n) is 6.60. The Kier molecular flexibility index (Phi) is 5.49. The molecule has 2 aromatic rings. The quantitative estimate of drug-likeness (QED) is 0.907. The average molecular weight is 336 g/mol. The highest BCUT2D eigenvalue weighted by Crippen LogP contribution is 2.32. The molecule has 25 heavy (non-hydrogen) atoms. The molecule has 1 aliphatic rings. The predicted molar refractivity (Wildman–Crippen MR) is 98.1 cm³/mol. The molecule has 1 fully saturated rings. The molecule has 2 atom stereocenters. The number of hydrogen-bond acceptors (Lipinski definition) is 2. The molecule has 0 aromatic heterocycles. The minimum absolute atomic E-state index is 0.104. The van der Waals surface area contributed by atoms with Gasteiger partial charge in [0, 0.05) is 24.6 Å². The fourth-order valence-corrected chi connectivity index (χ4v) is 3.41. The Morgan fingerprint density at radius 3 is 2.40 bits per heavy atom. The summed E-state index contributed by atoms with van der Waals surface area (Å²) in [5.74, 6) is -0.0332. The smallest absolute Gasteiger partial charge is 0.251 e. The molecule has 2 aromatic carbocycles. The van der Waals surface area contributed by atoms with Crippen molar-refractivity contribution in [3.05, 3.63) is 71.8 Å². The van der Waals surface area contributed by atoms with E-state index in [1.807, 2.05) is 48.2 Å². The molecule has 0 bridgehead atoms. The second kappa shape index (κ2) is 7.97. The highest BCUT2D eigenvalue weighted by Gasteiger charge is 2.30. The molecular formula is C21H24N2O2. The zero-order valence-electron chi connectivity index (χ0n) is 14.5. The van der Waals surface area contributed by atoms with E-state index < -0.39 is 0 Å². The highest BCUT2D eigenvalue weighted by molar-refractivity contribution is 5.94. The van der Waals surface area contributed by atoms with Crippen LogP contribution in [0.25, 0.3) is 0 Å². The number of amides is 2. The summed E-state index contributed by atoms with van der Waals surface area (Å²) >= 11 is 0. The minimum Gasteiger partial charge on any atom is -0.349 e. The van der Waals surface area contributed by atoms with Crippen LogP contribution in [-0.4, -0.2) is 29.3 Å². The molecule has 4 heteroatoms. The van der Waals surface area contributed by atoms with Crippen molar-refractivity contribution in [2.75, 3.05) is 6.54 Å². The number of likely N-dealkylation sites (tertiary alicyclic amines) is 1. The van der Waals surface area contributed by atoms with Crippen molar-refractivity contribution in [1.29, 1.82) is 0 Å². The summed E-state index contributed by atoms with van der Waals surface area (Å²) in [6.07, 6.45) is 2.35. The summed E-state index contributed by atoms with van der Waals surface area (Å²) in [6.45, 7) is 2.67. The Labute approximate surface area is 148 Å². The van der Waals surface area contributed by atoms with Gasteiger partial charge in [0.25, 0.3) is 5.91 Å². The van der Waals surface area contributed by atoms with Crippen LogP contribution in [0.3, 0.4) is 0 Å². The lowest BCUT2D eigenvalue weighted by Gasteiger charge is -2.26. The molecule has 3 rings (SSSR count). The standard InChI is InChI=1S/C21H24N2O2/c1-16(22-21(25)18-11-6-3-7-12-18)15-20(24)23-14-8-13-19(23)17-9-4-2-5-10-17/h2-7,9-12,16,19H,8,13-15H2,1H3,(H,22,25). The van der Waals surface area contributed by atoms with Crippen molar-refractivity contribution in [3.63, 3.8) is 0 Å². The maximum absolute atomic E-state index is 12.7. The van der Waals surface area contributed by atoms with E-state index in [1.54, 1.807) is 12.1 Å². The van der Waals surface area contributed by atoms with E-state index in [4.69, 9.17) is 0 Å². The third kappa shape index (κ3) is 4.27. The molecule has 1 saturated heterocycles. The Bertz CT molecular complexity index is 715. The number of nitrogens with zero attached hydrogens (tertiary/aromatic N) is 1. The van der Waals surface area contributed by atoms with Gasteiger partial charge in [-0.1, -0.05) is 48.5 Å². The predicted octanol–water partition coefficient (Wildman–Crippen LogP) is 3.56. The molecule has 0 radical (unpaired) electrons. The fourth-order valence-electron chi connectivity index (χ4n) is 3.41. The first-order valence-corrected chi connectivity index (χ1v) is 8.85. The van der Waals surface area contributed by atoms with Crippen molar-refractivity contribution >= 4 is 11.8 Å². The van der Waals surface area contributed by atoms with Gasteiger partial charge in [-0.2, -0.15) is 0 Å². The van der Waals surface area contributed by atoms with Gasteiger partial charge >= 0.3 is 0 Å². The van der Waals surface area contributed by atoms with Gasteiger partial charge in [-0.3, -0.25) is 9.59 Å². The lowest BCUT2D eigenvalue weighted by Crippen LogP contribution is -2.39. The molecule has 1 heterocycles. The Morgan fingerprint density at radius 2 is 1.72 bits per heavy atom. The van der Waals surface area contributed by atoms with E-state index in [0.717, 1.165) is 19.4 Å². The lowest BCUT2D eigenvalue weighted by atomic mass is 10.0. The fraction of sp³-hybridized carbons (Fsp3) is 0.333. The summed E-state index contributed by atoms with van der Waals surface area (Å²) < 4.78 is 0. The zero-order chi connectivity index (χ0) is 17.6. The van der Waals surface area contributed by atoms with Crippen LogP contribution in [0.4, 0.5) is 0 Å². The summed E-state index contributed by atoms with van der Waals surface area (Å²) in [6, 6.07) is 19.2. The van der Waals surface area contributed by atoms with E-state index in [0.29, 0.717) is 12.0 Å². The molecule has 0 aliphatic carbocycles. The number of carbonyl (C=O) groups is 2. The van der Waals surface area contributed by atoms with Crippen LogP contribution in [0.1, 0.15) is 48.1 Å². The SMILES string of the molecule is CC(CC(=O)N1CCCC1c1ccccc1)NC(=O)c1ccccc1. The van der Waals surface area contributed by atoms with E-state index in [9.17, 15) is 9.59 Å². The number of carbonyl (C=O) groups excluding carboxylic acids is 2. The zero-order valence-corrected chi connectivity index (χ0v) is 14.5. The first kappa shape index (κ1) is 17.2. The molecule has 2 unspecified atom stereocenters. The third-order valence-electron chi connectivity index (χ3n) is 4.65. The van der Waals surface area contributed by atoms with Crippen LogP contribution in [0.15, 0.2) is 60.7 Å². The molecule has 1 N–H and O–H groups in total. The van der Waals surface area contributed by atoms with Gasteiger partial charge in [0.05, 0.1) is 6.04 Å². The third-order valence-corrected chi connectivity index (χ3v) is 4.65. The summed E-state index contributed by atoms with van der Waals surface area (Å²) in [5, 5.41) is 2.92. The van der Waals surface area contributed by atoms with Gasteiger partial charge < -0.3 is 10.2 Å². The Balaban J connectivity index is 1.58. The van der Waals surface area contributed by atoms with Crippen LogP contribution < -0.4 is 5.32 Å². The highest BCUT2D eigenvalue weighted by atomic mass is 16.2. The monoisotopic (exact) mass is 336 g/mol. The van der Waals surface area contributed by atoms with Crippen LogP contribution in [-0.2, 0) is 4.79 Å². The van der Waals surface area contributed by atoms with Crippen LogP contribution >= 0.6 is 0 Å². The molecule has 2 amide bonds. The molecule has 1 aliphatic heterocycles. The Hall–Kier alpha value is -2.62. The molecular weight excluding hydrogens is 312 g/mol. The molecule has 0 saturated carbocycles. The largest absolute Gasteiger partial charge is 0.349 e. The second-order valence-corrected chi connectivity index (χ2v) is 6.60. The maximum Gasteiger partial charge on any atom is 0.251 e. The molecule has 4 nitrogen and oxygen atoms in total. The van der Waals surface area contributed by atoms with Crippen LogP contribution in [0.2, 0.25) is 0 Å². The van der Waals surface area contributed by atoms with E-state index in [-0.39, 0.29) is 23.9 Å². The van der Waals surface area contributed by atoms with Gasteiger partial charge in [-0.15, -0.1) is 0 Å². The Morgan fingerprint density at radius 1 is 1.08 bits per heavy atom. The van der Waals surface area contributed by atoms with Crippen molar-refractivity contribution < 1.29 is 9.59 Å². The number of benzene rings is 2. The topological polar surface area (TPSA) is 49.4 Å². The molecule has 130 valence electrons. The van der Waals surface area contributed by atoms with Crippen molar-refractivity contribution in [3.8, 4) is 0 Å². The van der Waals surface area contributed by atoms with E-state index >= 15 is 0 Å². The van der Waals surface area contributed by atoms with Gasteiger partial charge in [0.15, 0.2) is 0 Å².